The van der Waals surface area contributed by atoms with Crippen molar-refractivity contribution in [3.63, 3.8) is 0 Å². The van der Waals surface area contributed by atoms with Crippen LogP contribution in [0.2, 0.25) is 0 Å². The zero-order valence-corrected chi connectivity index (χ0v) is 12.0. The van der Waals surface area contributed by atoms with E-state index in [4.69, 9.17) is 0 Å². The van der Waals surface area contributed by atoms with E-state index < -0.39 is 5.82 Å². The third-order valence-electron chi connectivity index (χ3n) is 2.87. The van der Waals surface area contributed by atoms with Gasteiger partial charge in [0.2, 0.25) is 0 Å². The van der Waals surface area contributed by atoms with Crippen LogP contribution in [0.15, 0.2) is 34.8 Å². The zero-order valence-electron chi connectivity index (χ0n) is 10.4. The predicted molar refractivity (Wildman–Crippen MR) is 73.4 cm³/mol. The minimum atomic E-state index is -0.484. The van der Waals surface area contributed by atoms with Crippen LogP contribution in [0.3, 0.4) is 0 Å². The second-order valence-electron chi connectivity index (χ2n) is 4.38. The van der Waals surface area contributed by atoms with E-state index in [9.17, 15) is 13.6 Å². The number of hydrogen-bond donors (Lipinski definition) is 0. The number of hydrogen-bond acceptors (Lipinski definition) is 1. The molecule has 0 saturated carbocycles. The Morgan fingerprint density at radius 3 is 2.21 bits per heavy atom. The van der Waals surface area contributed by atoms with E-state index in [1.165, 1.54) is 30.3 Å². The number of benzene rings is 2. The van der Waals surface area contributed by atoms with Gasteiger partial charge in [-0.25, -0.2) is 8.78 Å². The Morgan fingerprint density at radius 1 is 1.05 bits per heavy atom. The summed E-state index contributed by atoms with van der Waals surface area (Å²) in [5, 5.41) is 0. The summed E-state index contributed by atoms with van der Waals surface area (Å²) in [6, 6.07) is 6.86. The van der Waals surface area contributed by atoms with Crippen molar-refractivity contribution in [2.45, 2.75) is 13.8 Å². The van der Waals surface area contributed by atoms with E-state index in [0.29, 0.717) is 21.2 Å². The maximum absolute atomic E-state index is 13.5. The number of rotatable bonds is 2. The normalized spacial score (nSPS) is 10.6. The van der Waals surface area contributed by atoms with E-state index in [1.54, 1.807) is 13.8 Å². The predicted octanol–water partition coefficient (Wildman–Crippen LogP) is 4.58. The molecule has 0 radical (unpaired) electrons. The van der Waals surface area contributed by atoms with Gasteiger partial charge in [-0.3, -0.25) is 4.79 Å². The van der Waals surface area contributed by atoms with Crippen LogP contribution in [0.4, 0.5) is 8.78 Å². The Labute approximate surface area is 118 Å². The van der Waals surface area contributed by atoms with Gasteiger partial charge >= 0.3 is 0 Å². The van der Waals surface area contributed by atoms with Gasteiger partial charge in [-0.2, -0.15) is 0 Å². The molecule has 0 aliphatic heterocycles. The van der Waals surface area contributed by atoms with Crippen LogP contribution in [0.1, 0.15) is 27.0 Å². The summed E-state index contributed by atoms with van der Waals surface area (Å²) >= 11 is 3.22. The molecule has 1 nitrogen and oxygen atoms in total. The van der Waals surface area contributed by atoms with E-state index in [2.05, 4.69) is 15.9 Å². The zero-order chi connectivity index (χ0) is 14.2. The Balaban J connectivity index is 2.53. The molecule has 0 N–H and O–H groups in total. The summed E-state index contributed by atoms with van der Waals surface area (Å²) in [6.45, 7) is 3.19. The highest BCUT2D eigenvalue weighted by Gasteiger charge is 2.16. The highest BCUT2D eigenvalue weighted by atomic mass is 79.9. The Morgan fingerprint density at radius 2 is 1.63 bits per heavy atom. The first-order valence-corrected chi connectivity index (χ1v) is 6.46. The quantitative estimate of drug-likeness (QED) is 0.739. The minimum absolute atomic E-state index is 0.227. The summed E-state index contributed by atoms with van der Waals surface area (Å²) < 4.78 is 27.3. The van der Waals surface area contributed by atoms with E-state index in [1.807, 2.05) is 0 Å². The number of aryl methyl sites for hydroxylation is 2. The maximum Gasteiger partial charge on any atom is 0.194 e. The maximum atomic E-state index is 13.5. The summed E-state index contributed by atoms with van der Waals surface area (Å²) in [4.78, 5) is 12.3. The summed E-state index contributed by atoms with van der Waals surface area (Å²) in [7, 11) is 0. The van der Waals surface area contributed by atoms with Crippen LogP contribution < -0.4 is 0 Å². The van der Waals surface area contributed by atoms with Crippen molar-refractivity contribution in [2.24, 2.45) is 0 Å². The fourth-order valence-corrected chi connectivity index (χ4v) is 2.33. The van der Waals surface area contributed by atoms with Crippen molar-refractivity contribution in [1.82, 2.24) is 0 Å². The van der Waals surface area contributed by atoms with Gasteiger partial charge < -0.3 is 0 Å². The van der Waals surface area contributed by atoms with Gasteiger partial charge in [0.1, 0.15) is 11.6 Å². The van der Waals surface area contributed by atoms with E-state index in [0.717, 1.165) is 0 Å². The first-order valence-electron chi connectivity index (χ1n) is 5.66. The smallest absolute Gasteiger partial charge is 0.194 e. The second kappa shape index (κ2) is 5.21. The molecule has 0 bridgehead atoms. The fourth-order valence-electron chi connectivity index (χ4n) is 1.90. The van der Waals surface area contributed by atoms with Crippen LogP contribution in [0.25, 0.3) is 0 Å². The fraction of sp³-hybridized carbons (Fsp3) is 0.133. The molecule has 0 aliphatic rings. The molecule has 19 heavy (non-hydrogen) atoms. The van der Waals surface area contributed by atoms with Gasteiger partial charge in [-0.05, 0) is 55.3 Å². The van der Waals surface area contributed by atoms with Crippen LogP contribution in [-0.2, 0) is 0 Å². The highest BCUT2D eigenvalue weighted by molar-refractivity contribution is 9.10. The molecule has 0 spiro atoms. The van der Waals surface area contributed by atoms with E-state index in [-0.39, 0.29) is 17.2 Å². The number of ketones is 1. The lowest BCUT2D eigenvalue weighted by Crippen LogP contribution is -2.05. The SMILES string of the molecule is Cc1cc(C(=O)c2cc(F)ccc2Br)cc(C)c1F. The van der Waals surface area contributed by atoms with Crippen molar-refractivity contribution < 1.29 is 13.6 Å². The lowest BCUT2D eigenvalue weighted by molar-refractivity contribution is 0.103. The molecule has 0 aliphatic carbocycles. The van der Waals surface area contributed by atoms with Crippen molar-refractivity contribution in [1.29, 1.82) is 0 Å². The summed E-state index contributed by atoms with van der Waals surface area (Å²) in [5.74, 6) is -1.14. The second-order valence-corrected chi connectivity index (χ2v) is 5.23. The number of carbonyl (C=O) groups excluding carboxylic acids is 1. The average molecular weight is 325 g/mol. The first kappa shape index (κ1) is 13.9. The average Bonchev–Trinajstić information content (AvgIpc) is 2.37. The van der Waals surface area contributed by atoms with Crippen LogP contribution in [-0.4, -0.2) is 5.78 Å². The van der Waals surface area contributed by atoms with Crippen LogP contribution >= 0.6 is 15.9 Å². The van der Waals surface area contributed by atoms with E-state index >= 15 is 0 Å². The van der Waals surface area contributed by atoms with Gasteiger partial charge in [0.05, 0.1) is 0 Å². The molecule has 2 aromatic rings. The van der Waals surface area contributed by atoms with Gasteiger partial charge in [0.15, 0.2) is 5.78 Å². The van der Waals surface area contributed by atoms with Gasteiger partial charge in [0.25, 0.3) is 0 Å². The van der Waals surface area contributed by atoms with Crippen LogP contribution in [0.5, 0.6) is 0 Å². The number of carbonyl (C=O) groups is 1. The standard InChI is InChI=1S/C15H11BrF2O/c1-8-5-10(6-9(2)14(8)18)15(19)12-7-11(17)3-4-13(12)16/h3-7H,1-2H3. The van der Waals surface area contributed by atoms with Gasteiger partial charge in [-0.15, -0.1) is 0 Å². The van der Waals surface area contributed by atoms with Gasteiger partial charge in [0, 0.05) is 15.6 Å². The van der Waals surface area contributed by atoms with Crippen molar-refractivity contribution in [3.05, 3.63) is 68.7 Å². The molecular weight excluding hydrogens is 314 g/mol. The molecule has 0 heterocycles. The number of halogens is 3. The molecular formula is C15H11BrF2O. The van der Waals surface area contributed by atoms with Gasteiger partial charge in [-0.1, -0.05) is 15.9 Å². The van der Waals surface area contributed by atoms with Crippen molar-refractivity contribution in [2.75, 3.05) is 0 Å². The Bertz CT molecular complexity index is 642. The third kappa shape index (κ3) is 2.73. The molecule has 0 aromatic heterocycles. The molecule has 0 atom stereocenters. The van der Waals surface area contributed by atoms with Crippen molar-refractivity contribution in [3.8, 4) is 0 Å². The Kier molecular flexibility index (Phi) is 3.80. The molecule has 0 saturated heterocycles. The lowest BCUT2D eigenvalue weighted by atomic mass is 9.99. The Hall–Kier alpha value is -1.55. The molecule has 98 valence electrons. The molecule has 0 amide bonds. The monoisotopic (exact) mass is 324 g/mol. The molecule has 0 unspecified atom stereocenters. The molecule has 0 fully saturated rings. The van der Waals surface area contributed by atoms with Crippen molar-refractivity contribution >= 4 is 21.7 Å². The lowest BCUT2D eigenvalue weighted by Gasteiger charge is -2.08. The van der Waals surface area contributed by atoms with Crippen LogP contribution in [0, 0.1) is 25.5 Å². The summed E-state index contributed by atoms with van der Waals surface area (Å²) in [6.07, 6.45) is 0. The highest BCUT2D eigenvalue weighted by Crippen LogP contribution is 2.23. The third-order valence-corrected chi connectivity index (χ3v) is 3.56. The molecule has 2 rings (SSSR count). The minimum Gasteiger partial charge on any atom is -0.289 e. The first-order chi connectivity index (χ1) is 8.90. The molecule has 4 heteroatoms. The largest absolute Gasteiger partial charge is 0.289 e. The molecule has 2 aromatic carbocycles. The summed E-state index contributed by atoms with van der Waals surface area (Å²) in [5.41, 5.74) is 1.37. The topological polar surface area (TPSA) is 17.1 Å².